The van der Waals surface area contributed by atoms with Crippen LogP contribution in [-0.4, -0.2) is 44.0 Å². The van der Waals surface area contributed by atoms with E-state index >= 15 is 0 Å². The largest absolute Gasteiger partial charge is 0.355 e. The van der Waals surface area contributed by atoms with E-state index in [1.165, 1.54) is 15.6 Å². The molecule has 3 rings (SSSR count). The standard InChI is InChI=1S/C20H23N3O3S3/c21-14-17-4-1-2-5-18(17)15-27-13-9-22-20(24)16-7-10-23(11-8-16)29(25,26)19-6-3-12-28-19/h1-6,12,16H,7-11,13,15H2,(H,22,24). The van der Waals surface area contributed by atoms with Gasteiger partial charge >= 0.3 is 0 Å². The van der Waals surface area contributed by atoms with Crippen LogP contribution in [-0.2, 0) is 20.6 Å². The molecule has 29 heavy (non-hydrogen) atoms. The van der Waals surface area contributed by atoms with Crippen molar-refractivity contribution in [3.63, 3.8) is 0 Å². The van der Waals surface area contributed by atoms with Gasteiger partial charge in [0.25, 0.3) is 10.0 Å². The lowest BCUT2D eigenvalue weighted by molar-refractivity contribution is -0.125. The molecule has 1 aliphatic rings. The molecule has 9 heteroatoms. The average Bonchev–Trinajstić information content (AvgIpc) is 3.29. The summed E-state index contributed by atoms with van der Waals surface area (Å²) in [5, 5.41) is 13.8. The number of nitrogens with one attached hydrogen (secondary N) is 1. The summed E-state index contributed by atoms with van der Waals surface area (Å²) in [6, 6.07) is 13.1. The SMILES string of the molecule is N#Cc1ccccc1CSCCNC(=O)C1CCN(S(=O)(=O)c2cccs2)CC1. The van der Waals surface area contributed by atoms with Crippen LogP contribution in [0.15, 0.2) is 46.0 Å². The molecule has 0 atom stereocenters. The van der Waals surface area contributed by atoms with Gasteiger partial charge in [-0.1, -0.05) is 24.3 Å². The Morgan fingerprint density at radius 2 is 2.00 bits per heavy atom. The number of sulfonamides is 1. The molecule has 154 valence electrons. The van der Waals surface area contributed by atoms with E-state index < -0.39 is 10.0 Å². The predicted octanol–water partition coefficient (Wildman–Crippen LogP) is 3.07. The third-order valence-electron chi connectivity index (χ3n) is 4.85. The molecular formula is C20H23N3O3S3. The molecule has 1 amide bonds. The summed E-state index contributed by atoms with van der Waals surface area (Å²) in [5.41, 5.74) is 1.69. The molecular weight excluding hydrogens is 426 g/mol. The topological polar surface area (TPSA) is 90.3 Å². The fraction of sp³-hybridized carbons (Fsp3) is 0.400. The molecule has 1 aromatic heterocycles. The van der Waals surface area contributed by atoms with Gasteiger partial charge in [-0.3, -0.25) is 4.79 Å². The number of carbonyl (C=O) groups excluding carboxylic acids is 1. The molecule has 1 N–H and O–H groups in total. The van der Waals surface area contributed by atoms with Crippen LogP contribution in [0.2, 0.25) is 0 Å². The summed E-state index contributed by atoms with van der Waals surface area (Å²) < 4.78 is 26.9. The van der Waals surface area contributed by atoms with Crippen LogP contribution in [0.5, 0.6) is 0 Å². The highest BCUT2D eigenvalue weighted by Gasteiger charge is 2.32. The second-order valence-corrected chi connectivity index (χ2v) is 10.9. The Bertz CT molecular complexity index is 960. The van der Waals surface area contributed by atoms with Crippen molar-refractivity contribution >= 4 is 39.0 Å². The molecule has 1 fully saturated rings. The number of rotatable bonds is 8. The smallest absolute Gasteiger partial charge is 0.252 e. The van der Waals surface area contributed by atoms with Crippen LogP contribution in [0.25, 0.3) is 0 Å². The van der Waals surface area contributed by atoms with E-state index in [1.54, 1.807) is 29.3 Å². The van der Waals surface area contributed by atoms with Crippen molar-refractivity contribution in [2.45, 2.75) is 22.8 Å². The molecule has 1 aliphatic heterocycles. The third-order valence-corrected chi connectivity index (χ3v) is 9.13. The number of hydrogen-bond donors (Lipinski definition) is 1. The number of carbonyl (C=O) groups is 1. The average molecular weight is 450 g/mol. The fourth-order valence-electron chi connectivity index (χ4n) is 3.22. The molecule has 1 aromatic carbocycles. The summed E-state index contributed by atoms with van der Waals surface area (Å²) in [7, 11) is -3.43. The van der Waals surface area contributed by atoms with Crippen LogP contribution in [0.4, 0.5) is 0 Å². The minimum atomic E-state index is -3.43. The maximum Gasteiger partial charge on any atom is 0.252 e. The van der Waals surface area contributed by atoms with Crippen molar-refractivity contribution < 1.29 is 13.2 Å². The van der Waals surface area contributed by atoms with Crippen molar-refractivity contribution in [2.24, 2.45) is 5.92 Å². The lowest BCUT2D eigenvalue weighted by Crippen LogP contribution is -2.43. The summed E-state index contributed by atoms with van der Waals surface area (Å²) >= 11 is 2.89. The maximum atomic E-state index is 12.5. The number of thiophene rings is 1. The summed E-state index contributed by atoms with van der Waals surface area (Å²) in [4.78, 5) is 12.4. The van der Waals surface area contributed by atoms with Gasteiger partial charge in [0.2, 0.25) is 5.91 Å². The van der Waals surface area contributed by atoms with Gasteiger partial charge in [0, 0.05) is 37.1 Å². The first-order chi connectivity index (χ1) is 14.0. The molecule has 0 saturated carbocycles. The second-order valence-electron chi connectivity index (χ2n) is 6.72. The van der Waals surface area contributed by atoms with Crippen molar-refractivity contribution in [1.82, 2.24) is 9.62 Å². The number of benzene rings is 1. The van der Waals surface area contributed by atoms with Crippen LogP contribution in [0.3, 0.4) is 0 Å². The normalized spacial score (nSPS) is 15.7. The van der Waals surface area contributed by atoms with Gasteiger partial charge in [0.05, 0.1) is 11.6 Å². The van der Waals surface area contributed by atoms with Gasteiger partial charge in [-0.25, -0.2) is 8.42 Å². The Morgan fingerprint density at radius 3 is 2.69 bits per heavy atom. The zero-order valence-electron chi connectivity index (χ0n) is 15.9. The van der Waals surface area contributed by atoms with Crippen LogP contribution in [0.1, 0.15) is 24.0 Å². The van der Waals surface area contributed by atoms with E-state index in [0.29, 0.717) is 42.2 Å². The van der Waals surface area contributed by atoms with Gasteiger partial charge in [-0.2, -0.15) is 21.3 Å². The van der Waals surface area contributed by atoms with Gasteiger partial charge in [0.1, 0.15) is 4.21 Å². The molecule has 2 heterocycles. The lowest BCUT2D eigenvalue weighted by Gasteiger charge is -2.30. The van der Waals surface area contributed by atoms with E-state index in [1.807, 2.05) is 24.3 Å². The fourth-order valence-corrected chi connectivity index (χ4v) is 6.70. The number of piperidine rings is 1. The van der Waals surface area contributed by atoms with Gasteiger partial charge in [0.15, 0.2) is 0 Å². The van der Waals surface area contributed by atoms with Gasteiger partial charge in [-0.05, 0) is 35.9 Å². The first kappa shape index (κ1) is 21.8. The quantitative estimate of drug-likeness (QED) is 0.626. The maximum absolute atomic E-state index is 12.5. The first-order valence-electron chi connectivity index (χ1n) is 9.39. The molecule has 2 aromatic rings. The molecule has 0 aliphatic carbocycles. The van der Waals surface area contributed by atoms with E-state index in [2.05, 4.69) is 11.4 Å². The molecule has 0 unspecified atom stereocenters. The number of thioether (sulfide) groups is 1. The van der Waals surface area contributed by atoms with Gasteiger partial charge in [-0.15, -0.1) is 11.3 Å². The highest BCUT2D eigenvalue weighted by Crippen LogP contribution is 2.26. The lowest BCUT2D eigenvalue weighted by atomic mass is 9.97. The number of hydrogen-bond acceptors (Lipinski definition) is 6. The summed E-state index contributed by atoms with van der Waals surface area (Å²) in [5.74, 6) is 1.35. The Kier molecular flexibility index (Phi) is 7.72. The van der Waals surface area contributed by atoms with Crippen molar-refractivity contribution in [1.29, 1.82) is 5.26 Å². The third kappa shape index (κ3) is 5.60. The number of nitriles is 1. The summed E-state index contributed by atoms with van der Waals surface area (Å²) in [6.45, 7) is 1.31. The highest BCUT2D eigenvalue weighted by atomic mass is 32.2. The molecule has 0 radical (unpaired) electrons. The highest BCUT2D eigenvalue weighted by molar-refractivity contribution is 7.98. The molecule has 0 spiro atoms. The van der Waals surface area contributed by atoms with Gasteiger partial charge < -0.3 is 5.32 Å². The van der Waals surface area contributed by atoms with Crippen LogP contribution < -0.4 is 5.32 Å². The van der Waals surface area contributed by atoms with Crippen molar-refractivity contribution in [3.8, 4) is 6.07 Å². The number of nitrogens with zero attached hydrogens (tertiary/aromatic N) is 2. The van der Waals surface area contributed by atoms with Crippen molar-refractivity contribution in [2.75, 3.05) is 25.4 Å². The Hall–Kier alpha value is -1.86. The van der Waals surface area contributed by atoms with E-state index in [0.717, 1.165) is 17.1 Å². The first-order valence-corrected chi connectivity index (χ1v) is 12.9. The monoisotopic (exact) mass is 449 g/mol. The summed E-state index contributed by atoms with van der Waals surface area (Å²) in [6.07, 6.45) is 1.08. The Balaban J connectivity index is 1.37. The van der Waals surface area contributed by atoms with Crippen molar-refractivity contribution in [3.05, 3.63) is 52.9 Å². The molecule has 0 bridgehead atoms. The van der Waals surface area contributed by atoms with E-state index in [9.17, 15) is 13.2 Å². The molecule has 1 saturated heterocycles. The zero-order valence-corrected chi connectivity index (χ0v) is 18.4. The zero-order chi connectivity index (χ0) is 20.7. The van der Waals surface area contributed by atoms with Crippen LogP contribution in [0, 0.1) is 17.2 Å². The van der Waals surface area contributed by atoms with E-state index in [4.69, 9.17) is 5.26 Å². The minimum Gasteiger partial charge on any atom is -0.355 e. The second kappa shape index (κ2) is 10.3. The van der Waals surface area contributed by atoms with Crippen LogP contribution >= 0.6 is 23.1 Å². The Labute approximate surface area is 180 Å². The Morgan fingerprint density at radius 1 is 1.24 bits per heavy atom. The molecule has 6 nitrogen and oxygen atoms in total. The number of amides is 1. The predicted molar refractivity (Wildman–Crippen MR) is 116 cm³/mol. The minimum absolute atomic E-state index is 0.00352. The van der Waals surface area contributed by atoms with E-state index in [-0.39, 0.29) is 11.8 Å².